The third-order valence-electron chi connectivity index (χ3n) is 0.566. The van der Waals surface area contributed by atoms with Crippen LogP contribution in [0.25, 0.3) is 0 Å². The summed E-state index contributed by atoms with van der Waals surface area (Å²) in [7, 11) is 0. The highest BCUT2D eigenvalue weighted by atomic mass is 16.6. The van der Waals surface area contributed by atoms with Crippen molar-refractivity contribution in [2.24, 2.45) is 5.16 Å². The van der Waals surface area contributed by atoms with E-state index in [2.05, 4.69) is 16.4 Å². The second kappa shape index (κ2) is 1.61. The van der Waals surface area contributed by atoms with Gasteiger partial charge in [0, 0.05) is 0 Å². The number of oxime groups is 1. The lowest BCUT2D eigenvalue weighted by molar-refractivity contribution is 0.186. The summed E-state index contributed by atoms with van der Waals surface area (Å²) in [5.41, 5.74) is 0.250. The Morgan fingerprint density at radius 3 is 3.14 bits per heavy atom. The second-order valence-corrected chi connectivity index (χ2v) is 1.00. The van der Waals surface area contributed by atoms with Crippen molar-refractivity contribution in [2.75, 3.05) is 6.61 Å². The minimum absolute atomic E-state index is 0.250. The van der Waals surface area contributed by atoms with Gasteiger partial charge in [-0.1, -0.05) is 5.16 Å². The molecule has 0 aromatic carbocycles. The quantitative estimate of drug-likeness (QED) is 0.423. The smallest absolute Gasteiger partial charge is 0.168 e. The first-order valence-electron chi connectivity index (χ1n) is 1.77. The molecule has 0 amide bonds. The third kappa shape index (κ3) is 0.686. The molecule has 2 radical (unpaired) electrons. The van der Waals surface area contributed by atoms with Gasteiger partial charge in [-0.3, -0.25) is 0 Å². The van der Waals surface area contributed by atoms with Crippen molar-refractivity contribution in [3.05, 3.63) is 6.42 Å². The van der Waals surface area contributed by atoms with E-state index in [9.17, 15) is 0 Å². The van der Waals surface area contributed by atoms with E-state index >= 15 is 0 Å². The molecule has 1 aliphatic heterocycles. The topological polar surface area (TPSA) is 45.4 Å². The van der Waals surface area contributed by atoms with Crippen molar-refractivity contribution < 1.29 is 4.84 Å². The molecule has 0 aromatic heterocycles. The van der Waals surface area contributed by atoms with Crippen LogP contribution < -0.4 is 0 Å². The van der Waals surface area contributed by atoms with Gasteiger partial charge in [-0.05, 0) is 0 Å². The van der Waals surface area contributed by atoms with Crippen LogP contribution in [0.4, 0.5) is 0 Å². The highest BCUT2D eigenvalue weighted by Gasteiger charge is 2.05. The van der Waals surface area contributed by atoms with Crippen LogP contribution in [0.2, 0.25) is 0 Å². The highest BCUT2D eigenvalue weighted by Crippen LogP contribution is 1.95. The lowest BCUT2D eigenvalue weighted by atomic mass is 10.3. The molecule has 1 rings (SSSR count). The molecular weight excluding hydrogens is 92.1 g/mol. The maximum Gasteiger partial charge on any atom is 0.168 e. The molecule has 0 fully saturated rings. The average Bonchev–Trinajstić information content (AvgIpc) is 2.14. The molecule has 7 heavy (non-hydrogen) atoms. The van der Waals surface area contributed by atoms with Gasteiger partial charge in [-0.25, -0.2) is 0 Å². The van der Waals surface area contributed by atoms with Crippen molar-refractivity contribution >= 4 is 5.71 Å². The Labute approximate surface area is 41.2 Å². The van der Waals surface area contributed by atoms with E-state index in [0.717, 1.165) is 0 Å². The van der Waals surface area contributed by atoms with E-state index in [1.165, 1.54) is 0 Å². The van der Waals surface area contributed by atoms with Gasteiger partial charge in [-0.15, -0.1) is 0 Å². The monoisotopic (exact) mass is 94.0 g/mol. The Bertz CT molecular complexity index is 133. The molecule has 0 aliphatic carbocycles. The summed E-state index contributed by atoms with van der Waals surface area (Å²) in [6.45, 7) is 0.322. The molecule has 0 aromatic rings. The molecule has 34 valence electrons. The lowest BCUT2D eigenvalue weighted by Gasteiger charge is -1.74. The van der Waals surface area contributed by atoms with Crippen LogP contribution >= 0.6 is 0 Å². The van der Waals surface area contributed by atoms with Gasteiger partial charge in [0.2, 0.25) is 0 Å². The van der Waals surface area contributed by atoms with E-state index in [0.29, 0.717) is 6.61 Å². The molecule has 0 N–H and O–H groups in total. The number of nitriles is 1. The van der Waals surface area contributed by atoms with Gasteiger partial charge in [0.05, 0.1) is 6.42 Å². The fraction of sp³-hybridized carbons (Fsp3) is 0.250. The van der Waals surface area contributed by atoms with E-state index in [1.807, 2.05) is 0 Å². The number of hydrogen-bond acceptors (Lipinski definition) is 3. The van der Waals surface area contributed by atoms with Gasteiger partial charge in [-0.2, -0.15) is 5.26 Å². The zero-order chi connectivity index (χ0) is 5.11. The van der Waals surface area contributed by atoms with Gasteiger partial charge in [0.25, 0.3) is 0 Å². The summed E-state index contributed by atoms with van der Waals surface area (Å²) in [6.07, 6.45) is 2.57. The first kappa shape index (κ1) is 4.13. The minimum Gasteiger partial charge on any atom is -0.394 e. The molecule has 0 saturated carbocycles. The van der Waals surface area contributed by atoms with Crippen LogP contribution in [0.5, 0.6) is 0 Å². The zero-order valence-electron chi connectivity index (χ0n) is 3.51. The number of rotatable bonds is 0. The van der Waals surface area contributed by atoms with Crippen LogP contribution in [-0.4, -0.2) is 12.3 Å². The third-order valence-corrected chi connectivity index (χ3v) is 0.566. The Balaban J connectivity index is 2.57. The Kier molecular flexibility index (Phi) is 0.947. The Hall–Kier alpha value is -1.04. The fourth-order valence-corrected chi connectivity index (χ4v) is 0.290. The number of nitrogens with zero attached hydrogens (tertiary/aromatic N) is 2. The zero-order valence-corrected chi connectivity index (χ0v) is 3.51. The first-order valence-corrected chi connectivity index (χ1v) is 1.77. The van der Waals surface area contributed by atoms with Crippen molar-refractivity contribution in [1.82, 2.24) is 0 Å². The van der Waals surface area contributed by atoms with Crippen molar-refractivity contribution in [1.29, 1.82) is 5.26 Å². The maximum atomic E-state index is 8.04. The summed E-state index contributed by atoms with van der Waals surface area (Å²) in [6, 6.07) is 1.78. The minimum atomic E-state index is 0.250. The molecule has 1 heterocycles. The summed E-state index contributed by atoms with van der Waals surface area (Å²) in [4.78, 5) is 4.40. The SMILES string of the molecule is N#CC1=NOC[C]1. The highest BCUT2D eigenvalue weighted by molar-refractivity contribution is 6.05. The van der Waals surface area contributed by atoms with Crippen molar-refractivity contribution in [2.45, 2.75) is 0 Å². The standard InChI is InChI=1S/C4H2N2O/c5-3-4-1-2-7-6-4/h2H2. The molecule has 0 unspecified atom stereocenters. The van der Waals surface area contributed by atoms with E-state index in [4.69, 9.17) is 5.26 Å². The maximum absolute atomic E-state index is 8.04. The summed E-state index contributed by atoms with van der Waals surface area (Å²) in [5, 5.41) is 11.3. The fourth-order valence-electron chi connectivity index (χ4n) is 0.290. The van der Waals surface area contributed by atoms with Crippen LogP contribution in [-0.2, 0) is 4.84 Å². The van der Waals surface area contributed by atoms with E-state index in [-0.39, 0.29) is 5.71 Å². The van der Waals surface area contributed by atoms with Crippen LogP contribution in [0, 0.1) is 17.8 Å². The van der Waals surface area contributed by atoms with Gasteiger partial charge in [0.15, 0.2) is 5.71 Å². The van der Waals surface area contributed by atoms with Gasteiger partial charge < -0.3 is 4.84 Å². The van der Waals surface area contributed by atoms with E-state index < -0.39 is 0 Å². The van der Waals surface area contributed by atoms with Crippen LogP contribution in [0.1, 0.15) is 0 Å². The molecule has 3 heteroatoms. The second-order valence-electron chi connectivity index (χ2n) is 1.00. The molecule has 0 spiro atoms. The van der Waals surface area contributed by atoms with Crippen LogP contribution in [0.3, 0.4) is 0 Å². The molecular formula is C4H2N2O. The van der Waals surface area contributed by atoms with E-state index in [1.54, 1.807) is 6.07 Å². The Morgan fingerprint density at radius 2 is 2.86 bits per heavy atom. The summed E-state index contributed by atoms with van der Waals surface area (Å²) in [5.74, 6) is 0. The molecule has 1 aliphatic rings. The molecule has 0 saturated heterocycles. The molecule has 3 nitrogen and oxygen atoms in total. The van der Waals surface area contributed by atoms with Crippen molar-refractivity contribution in [3.63, 3.8) is 0 Å². The Morgan fingerprint density at radius 1 is 2.00 bits per heavy atom. The normalized spacial score (nSPS) is 17.3. The summed E-state index contributed by atoms with van der Waals surface area (Å²) >= 11 is 0. The van der Waals surface area contributed by atoms with Gasteiger partial charge >= 0.3 is 0 Å². The predicted octanol–water partition coefficient (Wildman–Crippen LogP) is -0.0225. The number of hydrogen-bond donors (Lipinski definition) is 0. The predicted molar refractivity (Wildman–Crippen MR) is 22.2 cm³/mol. The average molecular weight is 94.1 g/mol. The van der Waals surface area contributed by atoms with Gasteiger partial charge in [0.1, 0.15) is 12.7 Å². The lowest BCUT2D eigenvalue weighted by Crippen LogP contribution is -1.87. The molecule has 0 bridgehead atoms. The largest absolute Gasteiger partial charge is 0.394 e. The first-order chi connectivity index (χ1) is 3.43. The van der Waals surface area contributed by atoms with Crippen molar-refractivity contribution in [3.8, 4) is 6.07 Å². The summed E-state index contributed by atoms with van der Waals surface area (Å²) < 4.78 is 0. The van der Waals surface area contributed by atoms with Crippen LogP contribution in [0.15, 0.2) is 5.16 Å². The molecule has 0 atom stereocenters.